The van der Waals surface area contributed by atoms with Crippen LogP contribution >= 0.6 is 0 Å². The Morgan fingerprint density at radius 1 is 1.33 bits per heavy atom. The lowest BCUT2D eigenvalue weighted by Crippen LogP contribution is -2.49. The predicted octanol–water partition coefficient (Wildman–Crippen LogP) is 1.03. The summed E-state index contributed by atoms with van der Waals surface area (Å²) < 4.78 is 6.64. The van der Waals surface area contributed by atoms with Crippen molar-refractivity contribution in [2.45, 2.75) is 18.9 Å². The molecule has 5 nitrogen and oxygen atoms in total. The number of carbonyl (C=O) groups excluding carboxylic acids is 1. The smallest absolute Gasteiger partial charge is 0.409 e. The van der Waals surface area contributed by atoms with Gasteiger partial charge in [-0.15, -0.1) is 0 Å². The third-order valence-corrected chi connectivity index (χ3v) is 3.91. The number of amides is 1. The van der Waals surface area contributed by atoms with Crippen LogP contribution < -0.4 is 5.56 Å². The van der Waals surface area contributed by atoms with Gasteiger partial charge in [-0.05, 0) is 18.4 Å². The van der Waals surface area contributed by atoms with Crippen LogP contribution in [0.15, 0.2) is 23.0 Å². The van der Waals surface area contributed by atoms with Gasteiger partial charge in [-0.2, -0.15) is 0 Å². The van der Waals surface area contributed by atoms with Crippen molar-refractivity contribution in [3.8, 4) is 0 Å². The van der Waals surface area contributed by atoms with Gasteiger partial charge < -0.3 is 14.2 Å². The molecular weight excluding hydrogens is 232 g/mol. The zero-order chi connectivity index (χ0) is 12.7. The van der Waals surface area contributed by atoms with E-state index in [1.54, 1.807) is 17.0 Å². The number of piperidine rings is 1. The summed E-state index contributed by atoms with van der Waals surface area (Å²) in [5.41, 5.74) is 1.11. The maximum Gasteiger partial charge on any atom is 0.409 e. The van der Waals surface area contributed by atoms with E-state index in [9.17, 15) is 9.59 Å². The van der Waals surface area contributed by atoms with Gasteiger partial charge in [0.25, 0.3) is 5.56 Å². The number of aromatic nitrogens is 1. The second kappa shape index (κ2) is 4.15. The lowest BCUT2D eigenvalue weighted by atomic mass is 9.83. The molecule has 1 unspecified atom stereocenters. The first kappa shape index (κ1) is 11.3. The van der Waals surface area contributed by atoms with Crippen LogP contribution in [0.25, 0.3) is 0 Å². The van der Waals surface area contributed by atoms with E-state index in [1.165, 1.54) is 7.11 Å². The lowest BCUT2D eigenvalue weighted by Gasteiger charge is -2.42. The van der Waals surface area contributed by atoms with E-state index in [-0.39, 0.29) is 17.6 Å². The van der Waals surface area contributed by atoms with Crippen LogP contribution in [-0.4, -0.2) is 35.8 Å². The lowest BCUT2D eigenvalue weighted by molar-refractivity contribution is 0.0830. The van der Waals surface area contributed by atoms with E-state index in [1.807, 2.05) is 10.6 Å². The molecule has 0 aromatic carbocycles. The summed E-state index contributed by atoms with van der Waals surface area (Å²) in [5, 5.41) is 0. The van der Waals surface area contributed by atoms with Gasteiger partial charge in [-0.3, -0.25) is 4.79 Å². The summed E-state index contributed by atoms with van der Waals surface area (Å²) in [6.07, 6.45) is 0.785. The SMILES string of the molecule is COC(=O)N1CC2C[C@H](C1)c1cccc(=O)n1C2. The number of hydrogen-bond acceptors (Lipinski definition) is 3. The molecule has 0 radical (unpaired) electrons. The molecule has 0 aliphatic carbocycles. The van der Waals surface area contributed by atoms with Gasteiger partial charge in [0.05, 0.1) is 7.11 Å². The Balaban J connectivity index is 1.95. The Bertz CT molecular complexity index is 537. The molecule has 5 heteroatoms. The van der Waals surface area contributed by atoms with Crippen molar-refractivity contribution in [3.63, 3.8) is 0 Å². The minimum Gasteiger partial charge on any atom is -0.453 e. The van der Waals surface area contributed by atoms with Crippen LogP contribution in [-0.2, 0) is 11.3 Å². The fraction of sp³-hybridized carbons (Fsp3) is 0.538. The van der Waals surface area contributed by atoms with Crippen LogP contribution in [0, 0.1) is 5.92 Å². The van der Waals surface area contributed by atoms with Crippen molar-refractivity contribution >= 4 is 6.09 Å². The average molecular weight is 248 g/mol. The first-order valence-electron chi connectivity index (χ1n) is 6.21. The second-order valence-electron chi connectivity index (χ2n) is 5.07. The molecule has 18 heavy (non-hydrogen) atoms. The monoisotopic (exact) mass is 248 g/mol. The van der Waals surface area contributed by atoms with E-state index in [0.717, 1.165) is 12.1 Å². The molecule has 2 bridgehead atoms. The van der Waals surface area contributed by atoms with Crippen LogP contribution in [0.2, 0.25) is 0 Å². The number of methoxy groups -OCH3 is 1. The molecule has 1 saturated heterocycles. The zero-order valence-electron chi connectivity index (χ0n) is 10.3. The molecule has 2 aliphatic heterocycles. The largest absolute Gasteiger partial charge is 0.453 e. The topological polar surface area (TPSA) is 51.5 Å². The van der Waals surface area contributed by atoms with E-state index in [4.69, 9.17) is 4.74 Å². The predicted molar refractivity (Wildman–Crippen MR) is 65.5 cm³/mol. The summed E-state index contributed by atoms with van der Waals surface area (Å²) in [7, 11) is 1.41. The Kier molecular flexibility index (Phi) is 2.61. The van der Waals surface area contributed by atoms with Crippen LogP contribution in [0.4, 0.5) is 4.79 Å². The highest BCUT2D eigenvalue weighted by Crippen LogP contribution is 2.34. The van der Waals surface area contributed by atoms with Crippen LogP contribution in [0.1, 0.15) is 18.0 Å². The highest BCUT2D eigenvalue weighted by molar-refractivity contribution is 5.67. The fourth-order valence-electron chi connectivity index (χ4n) is 3.17. The van der Waals surface area contributed by atoms with E-state index < -0.39 is 0 Å². The Morgan fingerprint density at radius 2 is 2.17 bits per heavy atom. The summed E-state index contributed by atoms with van der Waals surface area (Å²) in [5.74, 6) is 0.612. The molecule has 0 saturated carbocycles. The number of fused-ring (bicyclic) bond motifs is 4. The molecule has 2 atom stereocenters. The van der Waals surface area contributed by atoms with Crippen molar-refractivity contribution in [1.82, 2.24) is 9.47 Å². The van der Waals surface area contributed by atoms with E-state index in [2.05, 4.69) is 0 Å². The molecule has 96 valence electrons. The number of likely N-dealkylation sites (tertiary alicyclic amines) is 1. The molecule has 0 spiro atoms. The molecule has 0 N–H and O–H groups in total. The molecule has 1 amide bonds. The molecule has 1 aromatic heterocycles. The maximum absolute atomic E-state index is 11.8. The number of carbonyl (C=O) groups is 1. The Labute approximate surface area is 105 Å². The zero-order valence-corrected chi connectivity index (χ0v) is 10.3. The quantitative estimate of drug-likeness (QED) is 0.689. The number of ether oxygens (including phenoxy) is 1. The van der Waals surface area contributed by atoms with Crippen molar-refractivity contribution in [1.29, 1.82) is 0 Å². The van der Waals surface area contributed by atoms with Crippen molar-refractivity contribution in [3.05, 3.63) is 34.2 Å². The van der Waals surface area contributed by atoms with Gasteiger partial charge >= 0.3 is 6.09 Å². The number of nitrogens with zero attached hydrogens (tertiary/aromatic N) is 2. The number of hydrogen-bond donors (Lipinski definition) is 0. The summed E-state index contributed by atoms with van der Waals surface area (Å²) >= 11 is 0. The molecular formula is C13H16N2O3. The normalized spacial score (nSPS) is 25.5. The van der Waals surface area contributed by atoms with Gasteiger partial charge in [-0.25, -0.2) is 4.79 Å². The number of rotatable bonds is 0. The molecule has 3 rings (SSSR count). The van der Waals surface area contributed by atoms with Crippen LogP contribution in [0.3, 0.4) is 0 Å². The van der Waals surface area contributed by atoms with Crippen molar-refractivity contribution in [2.24, 2.45) is 5.92 Å². The average Bonchev–Trinajstić information content (AvgIpc) is 2.39. The summed E-state index contributed by atoms with van der Waals surface area (Å²) in [6, 6.07) is 5.39. The third kappa shape index (κ3) is 1.70. The van der Waals surface area contributed by atoms with Gasteiger partial charge in [0.1, 0.15) is 0 Å². The molecule has 1 aromatic rings. The van der Waals surface area contributed by atoms with E-state index in [0.29, 0.717) is 25.6 Å². The standard InChI is InChI=1S/C13H16N2O3/c1-18-13(17)14-6-9-5-10(8-14)11-3-2-4-12(16)15(11)7-9/h2-4,9-10H,5-8H2,1H3/t9?,10-/m1/s1. The van der Waals surface area contributed by atoms with Gasteiger partial charge in [-0.1, -0.05) is 6.07 Å². The fourth-order valence-corrected chi connectivity index (χ4v) is 3.17. The van der Waals surface area contributed by atoms with Crippen molar-refractivity contribution in [2.75, 3.05) is 20.2 Å². The highest BCUT2D eigenvalue weighted by Gasteiger charge is 2.36. The van der Waals surface area contributed by atoms with Gasteiger partial charge in [0.15, 0.2) is 0 Å². The molecule has 3 heterocycles. The maximum atomic E-state index is 11.8. The minimum absolute atomic E-state index is 0.0636. The molecule has 1 fully saturated rings. The Hall–Kier alpha value is -1.78. The van der Waals surface area contributed by atoms with Crippen molar-refractivity contribution < 1.29 is 9.53 Å². The van der Waals surface area contributed by atoms with E-state index >= 15 is 0 Å². The first-order chi connectivity index (χ1) is 8.69. The Morgan fingerprint density at radius 3 is 2.94 bits per heavy atom. The van der Waals surface area contributed by atoms with Gasteiger partial charge in [0.2, 0.25) is 0 Å². The van der Waals surface area contributed by atoms with Gasteiger partial charge in [0, 0.05) is 37.3 Å². The number of pyridine rings is 1. The third-order valence-electron chi connectivity index (χ3n) is 3.91. The summed E-state index contributed by atoms with van der Waals surface area (Å²) in [4.78, 5) is 25.2. The minimum atomic E-state index is -0.267. The van der Waals surface area contributed by atoms with Crippen LogP contribution in [0.5, 0.6) is 0 Å². The second-order valence-corrected chi connectivity index (χ2v) is 5.07. The summed E-state index contributed by atoms with van der Waals surface area (Å²) in [6.45, 7) is 2.04. The molecule has 2 aliphatic rings. The highest BCUT2D eigenvalue weighted by atomic mass is 16.5. The first-order valence-corrected chi connectivity index (χ1v) is 6.21.